The number of methoxy groups -OCH3 is 1. The maximum atomic E-state index is 12.1. The molecule has 1 heterocycles. The largest absolute Gasteiger partial charge is 0.467 e. The fourth-order valence-corrected chi connectivity index (χ4v) is 2.63. The number of benzene rings is 2. The van der Waals surface area contributed by atoms with Gasteiger partial charge in [-0.1, -0.05) is 42.5 Å². The fourth-order valence-electron chi connectivity index (χ4n) is 2.63. The van der Waals surface area contributed by atoms with Gasteiger partial charge in [0, 0.05) is 11.6 Å². The first-order chi connectivity index (χ1) is 11.6. The third-order valence-electron chi connectivity index (χ3n) is 3.76. The Balaban J connectivity index is 1.98. The highest BCUT2D eigenvalue weighted by atomic mass is 16.7. The van der Waals surface area contributed by atoms with Crippen molar-refractivity contribution in [2.45, 2.75) is 18.5 Å². The lowest BCUT2D eigenvalue weighted by Crippen LogP contribution is -2.27. The molecule has 1 fully saturated rings. The zero-order chi connectivity index (χ0) is 17.1. The van der Waals surface area contributed by atoms with E-state index in [-0.39, 0.29) is 11.3 Å². The van der Waals surface area contributed by atoms with Crippen LogP contribution in [0.4, 0.5) is 5.69 Å². The number of para-hydroxylation sites is 1. The zero-order valence-corrected chi connectivity index (χ0v) is 12.8. The third-order valence-corrected chi connectivity index (χ3v) is 3.76. The van der Waals surface area contributed by atoms with Gasteiger partial charge in [-0.25, -0.2) is 4.79 Å². The number of carbonyl (C=O) groups excluding carboxylic acids is 1. The second-order valence-electron chi connectivity index (χ2n) is 5.20. The first-order valence-electron chi connectivity index (χ1n) is 7.29. The van der Waals surface area contributed by atoms with Crippen LogP contribution >= 0.6 is 0 Å². The Morgan fingerprint density at radius 2 is 1.75 bits per heavy atom. The van der Waals surface area contributed by atoms with Crippen LogP contribution in [0.2, 0.25) is 0 Å². The maximum Gasteiger partial charge on any atom is 0.338 e. The van der Waals surface area contributed by atoms with Crippen LogP contribution in [0.25, 0.3) is 0 Å². The van der Waals surface area contributed by atoms with Gasteiger partial charge < -0.3 is 14.2 Å². The summed E-state index contributed by atoms with van der Waals surface area (Å²) in [5.74, 6) is -0.642. The number of ether oxygens (including phenoxy) is 3. The van der Waals surface area contributed by atoms with Crippen molar-refractivity contribution in [2.75, 3.05) is 7.11 Å². The lowest BCUT2D eigenvalue weighted by Gasteiger charge is -2.14. The molecule has 0 unspecified atom stereocenters. The van der Waals surface area contributed by atoms with Gasteiger partial charge in [0.05, 0.1) is 17.6 Å². The van der Waals surface area contributed by atoms with Crippen LogP contribution in [-0.2, 0) is 19.0 Å². The first kappa shape index (κ1) is 16.1. The molecule has 24 heavy (non-hydrogen) atoms. The summed E-state index contributed by atoms with van der Waals surface area (Å²) in [6.07, 6.45) is -2.81. The Bertz CT molecular complexity index is 748. The van der Waals surface area contributed by atoms with E-state index in [1.54, 1.807) is 30.3 Å². The Labute approximate surface area is 137 Å². The molecule has 2 aromatic rings. The summed E-state index contributed by atoms with van der Waals surface area (Å²) in [7, 11) is 1.23. The van der Waals surface area contributed by atoms with E-state index >= 15 is 0 Å². The van der Waals surface area contributed by atoms with Crippen LogP contribution in [0.15, 0.2) is 54.6 Å². The number of nitro groups is 1. The number of rotatable bonds is 4. The van der Waals surface area contributed by atoms with Crippen molar-refractivity contribution in [3.63, 3.8) is 0 Å². The van der Waals surface area contributed by atoms with Crippen molar-refractivity contribution in [3.8, 4) is 0 Å². The Hall–Kier alpha value is -2.77. The van der Waals surface area contributed by atoms with E-state index in [1.165, 1.54) is 13.2 Å². The first-order valence-corrected chi connectivity index (χ1v) is 7.29. The molecule has 0 amide bonds. The highest BCUT2D eigenvalue weighted by molar-refractivity contribution is 5.76. The fraction of sp³-hybridized carbons (Fsp3) is 0.235. The topological polar surface area (TPSA) is 87.9 Å². The highest BCUT2D eigenvalue weighted by Gasteiger charge is 2.45. The van der Waals surface area contributed by atoms with Crippen molar-refractivity contribution in [1.82, 2.24) is 0 Å². The molecule has 1 aliphatic heterocycles. The van der Waals surface area contributed by atoms with Gasteiger partial charge in [0.15, 0.2) is 12.4 Å². The molecule has 0 aromatic heterocycles. The molecular weight excluding hydrogens is 314 g/mol. The minimum atomic E-state index is -1.08. The third kappa shape index (κ3) is 2.99. The van der Waals surface area contributed by atoms with E-state index < -0.39 is 29.4 Å². The molecule has 0 aliphatic carbocycles. The summed E-state index contributed by atoms with van der Waals surface area (Å²) in [5, 5.41) is 11.3. The van der Waals surface area contributed by atoms with Gasteiger partial charge in [-0.3, -0.25) is 10.1 Å². The summed E-state index contributed by atoms with van der Waals surface area (Å²) in [4.78, 5) is 22.8. The van der Waals surface area contributed by atoms with Crippen LogP contribution in [0, 0.1) is 10.1 Å². The van der Waals surface area contributed by atoms with Crippen LogP contribution in [0.3, 0.4) is 0 Å². The average Bonchev–Trinajstić information content (AvgIpc) is 3.07. The average molecular weight is 329 g/mol. The number of nitrogens with zero attached hydrogens (tertiary/aromatic N) is 1. The van der Waals surface area contributed by atoms with Gasteiger partial charge in [-0.2, -0.15) is 0 Å². The van der Waals surface area contributed by atoms with Gasteiger partial charge in [0.2, 0.25) is 0 Å². The Kier molecular flexibility index (Phi) is 4.54. The molecule has 0 spiro atoms. The second-order valence-corrected chi connectivity index (χ2v) is 5.20. The quantitative estimate of drug-likeness (QED) is 0.487. The number of hydrogen-bond acceptors (Lipinski definition) is 6. The number of nitro benzene ring substituents is 1. The number of carbonyl (C=O) groups is 1. The summed E-state index contributed by atoms with van der Waals surface area (Å²) in [5.41, 5.74) is 0.859. The van der Waals surface area contributed by atoms with Gasteiger partial charge in [-0.15, -0.1) is 0 Å². The smallest absolute Gasteiger partial charge is 0.338 e. The van der Waals surface area contributed by atoms with Crippen molar-refractivity contribution in [2.24, 2.45) is 0 Å². The molecule has 3 atom stereocenters. The minimum Gasteiger partial charge on any atom is -0.467 e. The SMILES string of the molecule is COC(=O)[C@H]1O[C@@H](c2ccccc2)O[C@H]1c1ccccc1[N+](=O)[O-]. The monoisotopic (exact) mass is 329 g/mol. The summed E-state index contributed by atoms with van der Waals surface area (Å²) >= 11 is 0. The second kappa shape index (κ2) is 6.77. The molecule has 1 aliphatic rings. The van der Waals surface area contributed by atoms with Crippen molar-refractivity contribution in [1.29, 1.82) is 0 Å². The van der Waals surface area contributed by atoms with E-state index in [0.29, 0.717) is 5.56 Å². The van der Waals surface area contributed by atoms with Gasteiger partial charge in [0.1, 0.15) is 6.10 Å². The van der Waals surface area contributed by atoms with Gasteiger partial charge in [0.25, 0.3) is 5.69 Å². The standard InChI is InChI=1S/C17H15NO6/c1-22-16(19)15-14(12-9-5-6-10-13(12)18(20)21)23-17(24-15)11-7-3-2-4-8-11/h2-10,14-15,17H,1H3/t14-,15-,17-/m0/s1. The predicted octanol–water partition coefficient (Wildman–Crippen LogP) is 2.92. The van der Waals surface area contributed by atoms with Crippen molar-refractivity contribution in [3.05, 3.63) is 75.8 Å². The molecule has 7 heteroatoms. The van der Waals surface area contributed by atoms with Crippen LogP contribution in [-0.4, -0.2) is 24.1 Å². The molecule has 0 saturated carbocycles. The maximum absolute atomic E-state index is 12.1. The molecule has 1 saturated heterocycles. The lowest BCUT2D eigenvalue weighted by molar-refractivity contribution is -0.386. The molecule has 0 N–H and O–H groups in total. The molecular formula is C17H15NO6. The van der Waals surface area contributed by atoms with E-state index in [9.17, 15) is 14.9 Å². The summed E-state index contributed by atoms with van der Waals surface area (Å²) in [6.45, 7) is 0. The van der Waals surface area contributed by atoms with Gasteiger partial charge >= 0.3 is 5.97 Å². The number of esters is 1. The van der Waals surface area contributed by atoms with E-state index in [4.69, 9.17) is 14.2 Å². The van der Waals surface area contributed by atoms with Crippen LogP contribution in [0.5, 0.6) is 0 Å². The van der Waals surface area contributed by atoms with Gasteiger partial charge in [-0.05, 0) is 6.07 Å². The molecule has 0 radical (unpaired) electrons. The number of hydrogen-bond donors (Lipinski definition) is 0. The van der Waals surface area contributed by atoms with E-state index in [0.717, 1.165) is 0 Å². The normalized spacial score (nSPS) is 23.0. The summed E-state index contributed by atoms with van der Waals surface area (Å²) < 4.78 is 16.3. The predicted molar refractivity (Wildman–Crippen MR) is 83.0 cm³/mol. The molecule has 7 nitrogen and oxygen atoms in total. The van der Waals surface area contributed by atoms with Crippen molar-refractivity contribution < 1.29 is 23.9 Å². The molecule has 3 rings (SSSR count). The summed E-state index contributed by atoms with van der Waals surface area (Å²) in [6, 6.07) is 15.2. The minimum absolute atomic E-state index is 0.131. The molecule has 0 bridgehead atoms. The van der Waals surface area contributed by atoms with Crippen molar-refractivity contribution >= 4 is 11.7 Å². The Morgan fingerprint density at radius 1 is 1.08 bits per heavy atom. The van der Waals surface area contributed by atoms with Crippen LogP contribution < -0.4 is 0 Å². The zero-order valence-electron chi connectivity index (χ0n) is 12.8. The molecule has 124 valence electrons. The highest BCUT2D eigenvalue weighted by Crippen LogP contribution is 2.42. The van der Waals surface area contributed by atoms with E-state index in [2.05, 4.69) is 0 Å². The van der Waals surface area contributed by atoms with E-state index in [1.807, 2.05) is 18.2 Å². The van der Waals surface area contributed by atoms with Crippen LogP contribution in [0.1, 0.15) is 23.5 Å². The Morgan fingerprint density at radius 3 is 2.42 bits per heavy atom. The lowest BCUT2D eigenvalue weighted by atomic mass is 10.0. The molecule has 2 aromatic carbocycles.